The third-order valence-corrected chi connectivity index (χ3v) is 4.18. The smallest absolute Gasteiger partial charge is 0.308 e. The van der Waals surface area contributed by atoms with Crippen LogP contribution in [0, 0.1) is 5.92 Å². The molecule has 5 nitrogen and oxygen atoms in total. The SMILES string of the molecule is COCC1CCCN1OC1CCC(C(=O)OC)CC1. The fourth-order valence-corrected chi connectivity index (χ4v) is 3.07. The molecule has 1 atom stereocenters. The van der Waals surface area contributed by atoms with E-state index >= 15 is 0 Å². The van der Waals surface area contributed by atoms with Crippen molar-refractivity contribution in [2.24, 2.45) is 5.92 Å². The van der Waals surface area contributed by atoms with Crippen LogP contribution in [0.2, 0.25) is 0 Å². The van der Waals surface area contributed by atoms with Gasteiger partial charge in [0.1, 0.15) is 0 Å². The van der Waals surface area contributed by atoms with Gasteiger partial charge in [-0.2, -0.15) is 5.06 Å². The Kier molecular flexibility index (Phi) is 5.60. The zero-order chi connectivity index (χ0) is 13.7. The highest BCUT2D eigenvalue weighted by Crippen LogP contribution is 2.29. The minimum Gasteiger partial charge on any atom is -0.469 e. The highest BCUT2D eigenvalue weighted by molar-refractivity contribution is 5.72. The highest BCUT2D eigenvalue weighted by atomic mass is 16.7. The molecule has 0 radical (unpaired) electrons. The number of nitrogens with zero attached hydrogens (tertiary/aromatic N) is 1. The van der Waals surface area contributed by atoms with E-state index < -0.39 is 0 Å². The predicted octanol–water partition coefficient (Wildman–Crippen LogP) is 1.76. The van der Waals surface area contributed by atoms with Crippen LogP contribution in [0.5, 0.6) is 0 Å². The zero-order valence-electron chi connectivity index (χ0n) is 12.0. The lowest BCUT2D eigenvalue weighted by Crippen LogP contribution is -2.38. The molecule has 0 amide bonds. The van der Waals surface area contributed by atoms with Crippen LogP contribution >= 0.6 is 0 Å². The lowest BCUT2D eigenvalue weighted by Gasteiger charge is -2.32. The molecular weight excluding hydrogens is 246 g/mol. The number of hydroxylamine groups is 2. The molecule has 0 spiro atoms. The molecule has 0 aromatic rings. The Morgan fingerprint density at radius 3 is 2.53 bits per heavy atom. The van der Waals surface area contributed by atoms with Crippen molar-refractivity contribution in [2.45, 2.75) is 50.7 Å². The summed E-state index contributed by atoms with van der Waals surface area (Å²) in [6.45, 7) is 1.72. The Bertz CT molecular complexity index is 289. The van der Waals surface area contributed by atoms with Gasteiger partial charge in [0.25, 0.3) is 0 Å². The standard InChI is InChI=1S/C14H25NO4/c1-17-10-12-4-3-9-15(12)19-13-7-5-11(6-8-13)14(16)18-2/h11-13H,3-10H2,1-2H3. The number of rotatable bonds is 5. The van der Waals surface area contributed by atoms with Crippen LogP contribution in [-0.4, -0.2) is 50.5 Å². The summed E-state index contributed by atoms with van der Waals surface area (Å²) in [4.78, 5) is 17.5. The second-order valence-corrected chi connectivity index (χ2v) is 5.49. The molecule has 2 rings (SSSR count). The fraction of sp³-hybridized carbons (Fsp3) is 0.929. The molecule has 0 N–H and O–H groups in total. The molecular formula is C14H25NO4. The van der Waals surface area contributed by atoms with Crippen molar-refractivity contribution in [1.29, 1.82) is 0 Å². The third-order valence-electron chi connectivity index (χ3n) is 4.18. The molecule has 1 saturated carbocycles. The van der Waals surface area contributed by atoms with Crippen LogP contribution in [-0.2, 0) is 19.1 Å². The molecule has 110 valence electrons. The van der Waals surface area contributed by atoms with Crippen molar-refractivity contribution >= 4 is 5.97 Å². The lowest BCUT2D eigenvalue weighted by atomic mass is 9.87. The lowest BCUT2D eigenvalue weighted by molar-refractivity contribution is -0.221. The van der Waals surface area contributed by atoms with Crippen molar-refractivity contribution in [3.8, 4) is 0 Å². The third kappa shape index (κ3) is 3.91. The maximum atomic E-state index is 11.5. The maximum Gasteiger partial charge on any atom is 0.308 e. The van der Waals surface area contributed by atoms with E-state index in [1.165, 1.54) is 13.5 Å². The zero-order valence-corrected chi connectivity index (χ0v) is 12.0. The predicted molar refractivity (Wildman–Crippen MR) is 70.5 cm³/mol. The monoisotopic (exact) mass is 271 g/mol. The van der Waals surface area contributed by atoms with E-state index in [1.807, 2.05) is 0 Å². The first-order valence-corrected chi connectivity index (χ1v) is 7.24. The van der Waals surface area contributed by atoms with Crippen LogP contribution in [0.1, 0.15) is 38.5 Å². The van der Waals surface area contributed by atoms with Gasteiger partial charge in [-0.05, 0) is 38.5 Å². The van der Waals surface area contributed by atoms with E-state index in [9.17, 15) is 4.79 Å². The van der Waals surface area contributed by atoms with Crippen molar-refractivity contribution < 1.29 is 19.1 Å². The molecule has 5 heteroatoms. The summed E-state index contributed by atoms with van der Waals surface area (Å²) in [6.07, 6.45) is 6.20. The first kappa shape index (κ1) is 14.8. The Labute approximate surface area is 115 Å². The summed E-state index contributed by atoms with van der Waals surface area (Å²) in [5.41, 5.74) is 0. The van der Waals surface area contributed by atoms with Gasteiger partial charge in [-0.15, -0.1) is 0 Å². The molecule has 0 aromatic heterocycles. The van der Waals surface area contributed by atoms with E-state index in [2.05, 4.69) is 5.06 Å². The fourth-order valence-electron chi connectivity index (χ4n) is 3.07. The summed E-state index contributed by atoms with van der Waals surface area (Å²) in [5, 5.41) is 2.09. The first-order valence-electron chi connectivity index (χ1n) is 7.24. The van der Waals surface area contributed by atoms with Gasteiger partial charge in [-0.3, -0.25) is 9.63 Å². The van der Waals surface area contributed by atoms with Gasteiger partial charge < -0.3 is 9.47 Å². The Morgan fingerprint density at radius 2 is 1.89 bits per heavy atom. The Morgan fingerprint density at radius 1 is 1.16 bits per heavy atom. The maximum absolute atomic E-state index is 11.5. The van der Waals surface area contributed by atoms with E-state index in [0.717, 1.165) is 45.3 Å². The normalized spacial score (nSPS) is 32.4. The number of hydrogen-bond donors (Lipinski definition) is 0. The number of ether oxygens (including phenoxy) is 2. The summed E-state index contributed by atoms with van der Waals surface area (Å²) < 4.78 is 10.0. The number of hydrogen-bond acceptors (Lipinski definition) is 5. The number of carbonyl (C=O) groups is 1. The van der Waals surface area contributed by atoms with E-state index in [0.29, 0.717) is 6.04 Å². The van der Waals surface area contributed by atoms with Crippen LogP contribution < -0.4 is 0 Å². The average molecular weight is 271 g/mol. The number of methoxy groups -OCH3 is 2. The molecule has 2 fully saturated rings. The molecule has 1 aliphatic heterocycles. The Balaban J connectivity index is 1.74. The molecule has 2 aliphatic rings. The second kappa shape index (κ2) is 7.22. The minimum atomic E-state index is -0.0723. The summed E-state index contributed by atoms with van der Waals surface area (Å²) in [5.74, 6) is -0.00455. The van der Waals surface area contributed by atoms with Gasteiger partial charge in [0.2, 0.25) is 0 Å². The van der Waals surface area contributed by atoms with Gasteiger partial charge in [0.15, 0.2) is 0 Å². The molecule has 19 heavy (non-hydrogen) atoms. The van der Waals surface area contributed by atoms with Crippen molar-refractivity contribution in [2.75, 3.05) is 27.4 Å². The van der Waals surface area contributed by atoms with Gasteiger partial charge in [-0.1, -0.05) is 0 Å². The molecule has 1 aliphatic carbocycles. The summed E-state index contributed by atoms with van der Waals surface area (Å²) in [7, 11) is 3.20. The van der Waals surface area contributed by atoms with Crippen LogP contribution in [0.25, 0.3) is 0 Å². The quantitative estimate of drug-likeness (QED) is 0.713. The molecule has 0 aromatic carbocycles. The largest absolute Gasteiger partial charge is 0.469 e. The van der Waals surface area contributed by atoms with Crippen LogP contribution in [0.15, 0.2) is 0 Å². The summed E-state index contributed by atoms with van der Waals surface area (Å²) in [6, 6.07) is 0.392. The molecule has 1 heterocycles. The topological polar surface area (TPSA) is 48.0 Å². The molecule has 1 saturated heterocycles. The van der Waals surface area contributed by atoms with E-state index in [-0.39, 0.29) is 18.0 Å². The van der Waals surface area contributed by atoms with E-state index in [4.69, 9.17) is 14.3 Å². The van der Waals surface area contributed by atoms with Gasteiger partial charge in [0, 0.05) is 13.7 Å². The van der Waals surface area contributed by atoms with Crippen molar-refractivity contribution in [3.05, 3.63) is 0 Å². The molecule has 1 unspecified atom stereocenters. The van der Waals surface area contributed by atoms with Crippen LogP contribution in [0.4, 0.5) is 0 Å². The van der Waals surface area contributed by atoms with Crippen molar-refractivity contribution in [3.63, 3.8) is 0 Å². The second-order valence-electron chi connectivity index (χ2n) is 5.49. The summed E-state index contributed by atoms with van der Waals surface area (Å²) >= 11 is 0. The van der Waals surface area contributed by atoms with E-state index in [1.54, 1.807) is 7.11 Å². The number of carbonyl (C=O) groups excluding carboxylic acids is 1. The minimum absolute atomic E-state index is 0.0678. The Hall–Kier alpha value is -0.650. The first-order chi connectivity index (χ1) is 9.24. The van der Waals surface area contributed by atoms with Gasteiger partial charge >= 0.3 is 5.97 Å². The average Bonchev–Trinajstić information content (AvgIpc) is 2.86. The van der Waals surface area contributed by atoms with Crippen molar-refractivity contribution in [1.82, 2.24) is 5.06 Å². The van der Waals surface area contributed by atoms with Gasteiger partial charge in [0.05, 0.1) is 31.8 Å². The highest BCUT2D eigenvalue weighted by Gasteiger charge is 2.32. The van der Waals surface area contributed by atoms with Gasteiger partial charge in [-0.25, -0.2) is 0 Å². The number of esters is 1. The van der Waals surface area contributed by atoms with Crippen LogP contribution in [0.3, 0.4) is 0 Å². The molecule has 0 bridgehead atoms.